The lowest BCUT2D eigenvalue weighted by Crippen LogP contribution is -2.37. The van der Waals surface area contributed by atoms with E-state index >= 15 is 0 Å². The highest BCUT2D eigenvalue weighted by molar-refractivity contribution is 6.30. The maximum atomic E-state index is 13.1. The Hall–Kier alpha value is -2.99. The van der Waals surface area contributed by atoms with Crippen molar-refractivity contribution in [2.45, 2.75) is 12.3 Å². The van der Waals surface area contributed by atoms with Crippen LogP contribution in [0.1, 0.15) is 17.9 Å². The van der Waals surface area contributed by atoms with Gasteiger partial charge in [-0.1, -0.05) is 23.7 Å². The second-order valence-electron chi connectivity index (χ2n) is 6.48. The normalized spacial score (nSPS) is 18.8. The highest BCUT2D eigenvalue weighted by atomic mass is 35.5. The Kier molecular flexibility index (Phi) is 4.73. The van der Waals surface area contributed by atoms with Crippen LogP contribution in [-0.4, -0.2) is 32.7 Å². The third-order valence-electron chi connectivity index (χ3n) is 5.01. The number of nitrogens with zero attached hydrogens (tertiary/aromatic N) is 1. The van der Waals surface area contributed by atoms with Gasteiger partial charge in [0.05, 0.1) is 25.5 Å². The summed E-state index contributed by atoms with van der Waals surface area (Å²) in [5.41, 5.74) is 2.40. The molecule has 0 saturated carbocycles. The van der Waals surface area contributed by atoms with E-state index in [1.165, 1.54) is 7.11 Å². The molecule has 2 aliphatic rings. The van der Waals surface area contributed by atoms with Gasteiger partial charge in [0.15, 0.2) is 11.5 Å². The molecule has 2 heterocycles. The molecule has 144 valence electrons. The lowest BCUT2D eigenvalue weighted by atomic mass is 9.83. The predicted molar refractivity (Wildman–Crippen MR) is 104 cm³/mol. The van der Waals surface area contributed by atoms with Gasteiger partial charge in [0.25, 0.3) is 0 Å². The zero-order chi connectivity index (χ0) is 19.8. The molecule has 0 aromatic heterocycles. The number of carbonyl (C=O) groups is 2. The molecule has 0 unspecified atom stereocenters. The molecule has 0 radical (unpaired) electrons. The highest BCUT2D eigenvalue weighted by Gasteiger charge is 2.44. The summed E-state index contributed by atoms with van der Waals surface area (Å²) in [5, 5.41) is 0.570. The summed E-state index contributed by atoms with van der Waals surface area (Å²) < 4.78 is 16.2. The molecule has 0 aliphatic carbocycles. The van der Waals surface area contributed by atoms with E-state index in [-0.39, 0.29) is 18.9 Å². The topological polar surface area (TPSA) is 65.1 Å². The first kappa shape index (κ1) is 18.4. The van der Waals surface area contributed by atoms with Gasteiger partial charge in [-0.25, -0.2) is 4.79 Å². The molecule has 1 atom stereocenters. The van der Waals surface area contributed by atoms with Crippen LogP contribution in [0.5, 0.6) is 11.5 Å². The number of para-hydroxylation sites is 1. The first-order chi connectivity index (χ1) is 13.5. The number of halogens is 1. The van der Waals surface area contributed by atoms with Crippen molar-refractivity contribution >= 4 is 29.2 Å². The average molecular weight is 400 g/mol. The Labute approximate surface area is 167 Å². The standard InChI is InChI=1S/C21H18ClNO5/c1-26-17-5-3-4-14(20(17)27-2)15-10-18(24)23(13-8-6-12(22)7-9-13)16-11-28-21(25)19(15)16/h3-9,15H,10-11H2,1-2H3/t15-/m0/s1. The van der Waals surface area contributed by atoms with Crippen LogP contribution in [0.3, 0.4) is 0 Å². The zero-order valence-corrected chi connectivity index (χ0v) is 16.2. The average Bonchev–Trinajstić information content (AvgIpc) is 3.09. The van der Waals surface area contributed by atoms with Crippen LogP contribution >= 0.6 is 11.6 Å². The lowest BCUT2D eigenvalue weighted by Gasteiger charge is -2.32. The fourth-order valence-electron chi connectivity index (χ4n) is 3.80. The SMILES string of the molecule is COc1cccc([C@@H]2CC(=O)N(c3ccc(Cl)cc3)C3=C2C(=O)OC3)c1OC. The maximum absolute atomic E-state index is 13.1. The number of benzene rings is 2. The number of cyclic esters (lactones) is 1. The van der Waals surface area contributed by atoms with Crippen LogP contribution in [0.4, 0.5) is 5.69 Å². The van der Waals surface area contributed by atoms with Crippen molar-refractivity contribution in [2.24, 2.45) is 0 Å². The quantitative estimate of drug-likeness (QED) is 0.733. The van der Waals surface area contributed by atoms with Gasteiger partial charge in [0.1, 0.15) is 6.61 Å². The van der Waals surface area contributed by atoms with Crippen molar-refractivity contribution < 1.29 is 23.8 Å². The van der Waals surface area contributed by atoms with Gasteiger partial charge in [-0.15, -0.1) is 0 Å². The van der Waals surface area contributed by atoms with Crippen molar-refractivity contribution in [2.75, 3.05) is 25.7 Å². The van der Waals surface area contributed by atoms with E-state index in [4.69, 9.17) is 25.8 Å². The molecule has 1 amide bonds. The second kappa shape index (κ2) is 7.20. The Bertz CT molecular complexity index is 983. The number of methoxy groups -OCH3 is 2. The van der Waals surface area contributed by atoms with E-state index in [1.54, 1.807) is 42.3 Å². The number of ether oxygens (including phenoxy) is 3. The minimum absolute atomic E-state index is 0.0469. The fraction of sp³-hybridized carbons (Fsp3) is 0.238. The van der Waals surface area contributed by atoms with Crippen LogP contribution in [0.2, 0.25) is 5.02 Å². The van der Waals surface area contributed by atoms with E-state index in [1.807, 2.05) is 12.1 Å². The summed E-state index contributed by atoms with van der Waals surface area (Å²) in [4.78, 5) is 27.2. The summed E-state index contributed by atoms with van der Waals surface area (Å²) in [6.45, 7) is 0.0469. The summed E-state index contributed by atoms with van der Waals surface area (Å²) in [6, 6.07) is 12.3. The summed E-state index contributed by atoms with van der Waals surface area (Å²) >= 11 is 5.97. The summed E-state index contributed by atoms with van der Waals surface area (Å²) in [5.74, 6) is 0.0343. The van der Waals surface area contributed by atoms with E-state index < -0.39 is 11.9 Å². The van der Waals surface area contributed by atoms with Gasteiger partial charge in [0.2, 0.25) is 5.91 Å². The molecule has 0 saturated heterocycles. The number of amides is 1. The molecule has 0 fully saturated rings. The van der Waals surface area contributed by atoms with E-state index in [9.17, 15) is 9.59 Å². The van der Waals surface area contributed by atoms with Crippen LogP contribution in [0.15, 0.2) is 53.7 Å². The summed E-state index contributed by atoms with van der Waals surface area (Å²) in [6.07, 6.45) is 0.111. The molecule has 6 nitrogen and oxygen atoms in total. The number of hydrogen-bond acceptors (Lipinski definition) is 5. The van der Waals surface area contributed by atoms with Gasteiger partial charge < -0.3 is 14.2 Å². The first-order valence-corrected chi connectivity index (χ1v) is 9.12. The molecule has 0 spiro atoms. The van der Waals surface area contributed by atoms with Crippen LogP contribution < -0.4 is 14.4 Å². The molecular weight excluding hydrogens is 382 g/mol. The number of carbonyl (C=O) groups excluding carboxylic acids is 2. The largest absolute Gasteiger partial charge is 0.493 e. The maximum Gasteiger partial charge on any atom is 0.336 e. The molecule has 4 rings (SSSR count). The fourth-order valence-corrected chi connectivity index (χ4v) is 3.92. The third-order valence-corrected chi connectivity index (χ3v) is 5.26. The Balaban J connectivity index is 1.85. The van der Waals surface area contributed by atoms with Crippen molar-refractivity contribution in [3.05, 3.63) is 64.3 Å². The minimum atomic E-state index is -0.467. The highest BCUT2D eigenvalue weighted by Crippen LogP contribution is 2.46. The van der Waals surface area contributed by atoms with Gasteiger partial charge in [-0.2, -0.15) is 0 Å². The van der Waals surface area contributed by atoms with Crippen molar-refractivity contribution in [3.8, 4) is 11.5 Å². The van der Waals surface area contributed by atoms with Crippen LogP contribution in [0.25, 0.3) is 0 Å². The predicted octanol–water partition coefficient (Wildman–Crippen LogP) is 3.69. The first-order valence-electron chi connectivity index (χ1n) is 8.74. The second-order valence-corrected chi connectivity index (χ2v) is 6.92. The number of anilines is 1. The molecule has 7 heteroatoms. The molecule has 0 N–H and O–H groups in total. The van der Waals surface area contributed by atoms with Crippen molar-refractivity contribution in [1.29, 1.82) is 0 Å². The number of hydrogen-bond donors (Lipinski definition) is 0. The van der Waals surface area contributed by atoms with E-state index in [2.05, 4.69) is 0 Å². The Morgan fingerprint density at radius 2 is 1.82 bits per heavy atom. The third kappa shape index (κ3) is 2.90. The molecule has 2 aromatic carbocycles. The molecule has 2 aliphatic heterocycles. The molecular formula is C21H18ClNO5. The molecule has 0 bridgehead atoms. The molecule has 28 heavy (non-hydrogen) atoms. The van der Waals surface area contributed by atoms with Crippen molar-refractivity contribution in [3.63, 3.8) is 0 Å². The Morgan fingerprint density at radius 3 is 2.50 bits per heavy atom. The van der Waals surface area contributed by atoms with Crippen LogP contribution in [-0.2, 0) is 14.3 Å². The minimum Gasteiger partial charge on any atom is -0.493 e. The summed E-state index contributed by atoms with van der Waals surface area (Å²) in [7, 11) is 3.08. The van der Waals surface area contributed by atoms with E-state index in [0.717, 1.165) is 5.56 Å². The van der Waals surface area contributed by atoms with Gasteiger partial charge in [0, 0.05) is 28.6 Å². The van der Waals surface area contributed by atoms with Gasteiger partial charge in [-0.05, 0) is 30.3 Å². The van der Waals surface area contributed by atoms with Crippen LogP contribution in [0, 0.1) is 0 Å². The zero-order valence-electron chi connectivity index (χ0n) is 15.4. The van der Waals surface area contributed by atoms with Gasteiger partial charge >= 0.3 is 5.97 Å². The number of esters is 1. The van der Waals surface area contributed by atoms with E-state index in [0.29, 0.717) is 33.5 Å². The lowest BCUT2D eigenvalue weighted by molar-refractivity contribution is -0.136. The number of rotatable bonds is 4. The smallest absolute Gasteiger partial charge is 0.336 e. The van der Waals surface area contributed by atoms with Crippen molar-refractivity contribution in [1.82, 2.24) is 0 Å². The van der Waals surface area contributed by atoms with Gasteiger partial charge in [-0.3, -0.25) is 9.69 Å². The molecule has 2 aromatic rings. The Morgan fingerprint density at radius 1 is 1.07 bits per heavy atom. The monoisotopic (exact) mass is 399 g/mol.